The Morgan fingerprint density at radius 3 is 1.79 bits per heavy atom. The molecule has 0 aliphatic rings. The molecule has 244 valence electrons. The molecule has 1 nitrogen and oxygen atoms in total. The second-order valence-electron chi connectivity index (χ2n) is 13.3. The number of benzene rings is 9. The fraction of sp³-hybridized carbons (Fsp3) is 0. The monoisotopic (exact) mass is 679 g/mol. The summed E-state index contributed by atoms with van der Waals surface area (Å²) in [6, 6.07) is 72.9. The fourth-order valence-corrected chi connectivity index (χ4v) is 8.96. The molecule has 0 saturated heterocycles. The first kappa shape index (κ1) is 30.4. The number of rotatable bonds is 6. The number of thiophene rings is 1. The van der Waals surface area contributed by atoms with E-state index in [1.165, 1.54) is 80.8 Å². The average molecular weight is 680 g/mol. The normalized spacial score (nSPS) is 11.5. The van der Waals surface area contributed by atoms with Gasteiger partial charge in [-0.2, -0.15) is 0 Å². The Labute approximate surface area is 307 Å². The average Bonchev–Trinajstić information content (AvgIpc) is 3.61. The molecule has 0 bridgehead atoms. The van der Waals surface area contributed by atoms with E-state index in [2.05, 4.69) is 205 Å². The predicted octanol–water partition coefficient (Wildman–Crippen LogP) is 14.8. The van der Waals surface area contributed by atoms with Crippen molar-refractivity contribution in [2.24, 2.45) is 0 Å². The molecule has 0 N–H and O–H groups in total. The lowest BCUT2D eigenvalue weighted by Crippen LogP contribution is -2.10. The Balaban J connectivity index is 1.15. The number of nitrogens with zero attached hydrogens (tertiary/aromatic N) is 1. The quantitative estimate of drug-likeness (QED) is 0.169. The molecule has 0 atom stereocenters. The van der Waals surface area contributed by atoms with Gasteiger partial charge < -0.3 is 4.90 Å². The lowest BCUT2D eigenvalue weighted by atomic mass is 9.94. The predicted molar refractivity (Wildman–Crippen MR) is 225 cm³/mol. The molecule has 0 fully saturated rings. The Morgan fingerprint density at radius 1 is 0.327 bits per heavy atom. The van der Waals surface area contributed by atoms with Gasteiger partial charge in [-0.05, 0) is 97.4 Å². The third kappa shape index (κ3) is 5.24. The van der Waals surface area contributed by atoms with E-state index >= 15 is 0 Å². The van der Waals surface area contributed by atoms with Crippen LogP contribution in [0.4, 0.5) is 17.1 Å². The van der Waals surface area contributed by atoms with Crippen molar-refractivity contribution in [1.82, 2.24) is 0 Å². The Kier molecular flexibility index (Phi) is 7.41. The summed E-state index contributed by atoms with van der Waals surface area (Å²) in [6.07, 6.45) is 0. The van der Waals surface area contributed by atoms with Gasteiger partial charge in [0, 0.05) is 26.8 Å². The van der Waals surface area contributed by atoms with Gasteiger partial charge in [0.25, 0.3) is 0 Å². The zero-order valence-corrected chi connectivity index (χ0v) is 29.2. The van der Waals surface area contributed by atoms with Crippen molar-refractivity contribution in [2.75, 3.05) is 4.90 Å². The van der Waals surface area contributed by atoms with Gasteiger partial charge in [-0.3, -0.25) is 0 Å². The van der Waals surface area contributed by atoms with Gasteiger partial charge in [0.2, 0.25) is 0 Å². The van der Waals surface area contributed by atoms with E-state index in [9.17, 15) is 0 Å². The number of fused-ring (bicyclic) bond motifs is 5. The maximum atomic E-state index is 2.44. The molecular formula is C50H33NS. The van der Waals surface area contributed by atoms with E-state index in [-0.39, 0.29) is 0 Å². The first-order chi connectivity index (χ1) is 25.8. The van der Waals surface area contributed by atoms with Gasteiger partial charge >= 0.3 is 0 Å². The minimum Gasteiger partial charge on any atom is -0.309 e. The minimum atomic E-state index is 1.12. The van der Waals surface area contributed by atoms with Crippen LogP contribution in [0.5, 0.6) is 0 Å². The molecular weight excluding hydrogens is 647 g/mol. The van der Waals surface area contributed by atoms with E-state index < -0.39 is 0 Å². The van der Waals surface area contributed by atoms with Gasteiger partial charge in [-0.15, -0.1) is 11.3 Å². The van der Waals surface area contributed by atoms with Crippen LogP contribution < -0.4 is 4.90 Å². The van der Waals surface area contributed by atoms with Crippen LogP contribution in [0, 0.1) is 0 Å². The van der Waals surface area contributed by atoms with Crippen molar-refractivity contribution >= 4 is 70.1 Å². The molecule has 0 spiro atoms. The van der Waals surface area contributed by atoms with E-state index in [1.807, 2.05) is 11.3 Å². The van der Waals surface area contributed by atoms with Crippen LogP contribution in [0.1, 0.15) is 0 Å². The van der Waals surface area contributed by atoms with Crippen molar-refractivity contribution in [3.63, 3.8) is 0 Å². The summed E-state index contributed by atoms with van der Waals surface area (Å²) in [4.78, 5) is 2.44. The summed E-state index contributed by atoms with van der Waals surface area (Å²) in [5, 5.41) is 7.59. The summed E-state index contributed by atoms with van der Waals surface area (Å²) in [5.74, 6) is 0. The van der Waals surface area contributed by atoms with Crippen LogP contribution in [0.2, 0.25) is 0 Å². The van der Waals surface area contributed by atoms with Crippen LogP contribution in [0.25, 0.3) is 75.1 Å². The highest BCUT2D eigenvalue weighted by Crippen LogP contribution is 2.46. The Bertz CT molecular complexity index is 2900. The Morgan fingerprint density at radius 2 is 0.942 bits per heavy atom. The minimum absolute atomic E-state index is 1.12. The van der Waals surface area contributed by atoms with Gasteiger partial charge in [0.05, 0.1) is 10.4 Å². The lowest BCUT2D eigenvalue weighted by molar-refractivity contribution is 1.30. The highest BCUT2D eigenvalue weighted by molar-refractivity contribution is 7.26. The lowest BCUT2D eigenvalue weighted by Gasteiger charge is -2.27. The molecule has 0 radical (unpaired) electrons. The molecule has 0 amide bonds. The van der Waals surface area contributed by atoms with Crippen molar-refractivity contribution in [1.29, 1.82) is 0 Å². The molecule has 9 aromatic carbocycles. The molecule has 52 heavy (non-hydrogen) atoms. The SMILES string of the molecule is c1ccc(-c2ccc3cccc(-c4cccc(N(c5ccc(-c6cccc7ccccc67)cc5)c5cccc6c5sc5ccccc56)c4)c3c2)cc1. The standard InChI is InChI=1S/C50H33NS/c1-2-12-34(13-3-1)38-27-26-36-16-10-22-44(47(36)33-38)39-17-8-18-41(32-39)51(48-24-11-23-46-45-20-6-7-25-49(45)52-50(46)48)40-30-28-37(29-31-40)43-21-9-15-35-14-4-5-19-42(35)43/h1-33H. The molecule has 0 saturated carbocycles. The van der Waals surface area contributed by atoms with Gasteiger partial charge in [-0.25, -0.2) is 0 Å². The maximum absolute atomic E-state index is 2.44. The first-order valence-corrected chi connectivity index (χ1v) is 18.6. The number of anilines is 3. The van der Waals surface area contributed by atoms with Crippen molar-refractivity contribution in [3.8, 4) is 33.4 Å². The van der Waals surface area contributed by atoms with Crippen LogP contribution in [0.3, 0.4) is 0 Å². The summed E-state index contributed by atoms with van der Waals surface area (Å²) >= 11 is 1.87. The molecule has 0 aliphatic carbocycles. The smallest absolute Gasteiger partial charge is 0.0640 e. The summed E-state index contributed by atoms with van der Waals surface area (Å²) < 4.78 is 2.58. The molecule has 10 aromatic rings. The topological polar surface area (TPSA) is 3.24 Å². The van der Waals surface area contributed by atoms with E-state index in [0.717, 1.165) is 11.4 Å². The molecule has 1 aromatic heterocycles. The third-order valence-corrected chi connectivity index (χ3v) is 11.5. The highest BCUT2D eigenvalue weighted by Gasteiger charge is 2.19. The van der Waals surface area contributed by atoms with Gasteiger partial charge in [0.1, 0.15) is 0 Å². The van der Waals surface area contributed by atoms with Crippen LogP contribution >= 0.6 is 11.3 Å². The third-order valence-electron chi connectivity index (χ3n) is 10.3. The summed E-state index contributed by atoms with van der Waals surface area (Å²) in [6.45, 7) is 0. The molecule has 0 aliphatic heterocycles. The van der Waals surface area contributed by atoms with Gasteiger partial charge in [-0.1, -0.05) is 158 Å². The van der Waals surface area contributed by atoms with Crippen LogP contribution in [0.15, 0.2) is 200 Å². The highest BCUT2D eigenvalue weighted by atomic mass is 32.1. The molecule has 10 rings (SSSR count). The summed E-state index contributed by atoms with van der Waals surface area (Å²) in [5.41, 5.74) is 10.7. The Hall–Kier alpha value is -6.48. The molecule has 2 heteroatoms. The maximum Gasteiger partial charge on any atom is 0.0640 e. The van der Waals surface area contributed by atoms with E-state index in [4.69, 9.17) is 0 Å². The van der Waals surface area contributed by atoms with Crippen molar-refractivity contribution in [2.45, 2.75) is 0 Å². The molecule has 1 heterocycles. The van der Waals surface area contributed by atoms with Crippen LogP contribution in [-0.4, -0.2) is 0 Å². The first-order valence-electron chi connectivity index (χ1n) is 17.8. The second-order valence-corrected chi connectivity index (χ2v) is 14.4. The summed E-state index contributed by atoms with van der Waals surface area (Å²) in [7, 11) is 0. The number of hydrogen-bond acceptors (Lipinski definition) is 2. The number of hydrogen-bond donors (Lipinski definition) is 0. The molecule has 0 unspecified atom stereocenters. The fourth-order valence-electron chi connectivity index (χ4n) is 7.75. The largest absolute Gasteiger partial charge is 0.309 e. The van der Waals surface area contributed by atoms with Crippen LogP contribution in [-0.2, 0) is 0 Å². The van der Waals surface area contributed by atoms with Crippen molar-refractivity contribution < 1.29 is 0 Å². The van der Waals surface area contributed by atoms with E-state index in [1.54, 1.807) is 0 Å². The van der Waals surface area contributed by atoms with Gasteiger partial charge in [0.15, 0.2) is 0 Å². The van der Waals surface area contributed by atoms with Crippen molar-refractivity contribution in [3.05, 3.63) is 200 Å². The zero-order valence-electron chi connectivity index (χ0n) is 28.4. The zero-order chi connectivity index (χ0) is 34.4. The van der Waals surface area contributed by atoms with E-state index in [0.29, 0.717) is 0 Å². The second kappa shape index (κ2) is 12.7.